The molecule has 0 unspecified atom stereocenters. The summed E-state index contributed by atoms with van der Waals surface area (Å²) in [6.07, 6.45) is 1.56. The fraction of sp³-hybridized carbons (Fsp3) is 0.0417. The summed E-state index contributed by atoms with van der Waals surface area (Å²) in [5, 5.41) is 17.3. The van der Waals surface area contributed by atoms with E-state index in [1.165, 1.54) is 12.3 Å². The van der Waals surface area contributed by atoms with Crippen LogP contribution in [0.2, 0.25) is 0 Å². The van der Waals surface area contributed by atoms with Crippen LogP contribution in [0.4, 0.5) is 0 Å². The van der Waals surface area contributed by atoms with Crippen LogP contribution < -0.4 is 10.5 Å². The van der Waals surface area contributed by atoms with Crippen LogP contribution in [0.25, 0.3) is 22.1 Å². The van der Waals surface area contributed by atoms with Gasteiger partial charge in [0.1, 0.15) is 11.5 Å². The Morgan fingerprint density at radius 3 is 2.57 bits per heavy atom. The molecule has 3 aromatic carbocycles. The summed E-state index contributed by atoms with van der Waals surface area (Å²) >= 11 is 0. The number of hydrazone groups is 1. The number of hydrogen-bond donors (Lipinski definition) is 1. The van der Waals surface area contributed by atoms with E-state index in [0.717, 1.165) is 16.3 Å². The van der Waals surface area contributed by atoms with Gasteiger partial charge in [-0.2, -0.15) is 5.10 Å². The van der Waals surface area contributed by atoms with Crippen molar-refractivity contribution in [1.29, 1.82) is 0 Å². The van der Waals surface area contributed by atoms with Gasteiger partial charge >= 0.3 is 0 Å². The lowest BCUT2D eigenvalue weighted by Gasteiger charge is -2.07. The van der Waals surface area contributed by atoms with E-state index in [1.807, 2.05) is 42.5 Å². The van der Waals surface area contributed by atoms with Crippen molar-refractivity contribution in [3.63, 3.8) is 0 Å². The van der Waals surface area contributed by atoms with Crippen molar-refractivity contribution in [3.05, 3.63) is 95.7 Å². The summed E-state index contributed by atoms with van der Waals surface area (Å²) in [7, 11) is 0. The highest BCUT2D eigenvalue weighted by Crippen LogP contribution is 2.25. The normalized spacial score (nSPS) is 11.1. The number of nitrogens with zero attached hydrogens (tertiary/aromatic N) is 1. The van der Waals surface area contributed by atoms with Gasteiger partial charge in [-0.05, 0) is 28.5 Å². The van der Waals surface area contributed by atoms with Gasteiger partial charge in [0.05, 0.1) is 18.6 Å². The lowest BCUT2D eigenvalue weighted by molar-refractivity contribution is -0.254. The zero-order chi connectivity index (χ0) is 20.9. The molecular weight excluding hydrogens is 380 g/mol. The molecule has 0 fully saturated rings. The fourth-order valence-electron chi connectivity index (χ4n) is 3.27. The van der Waals surface area contributed by atoms with Gasteiger partial charge in [-0.15, -0.1) is 0 Å². The maximum absolute atomic E-state index is 12.3. The summed E-state index contributed by atoms with van der Waals surface area (Å²) in [6.45, 7) is 0. The summed E-state index contributed by atoms with van der Waals surface area (Å²) in [4.78, 5) is 23.5. The molecule has 30 heavy (non-hydrogen) atoms. The fourth-order valence-corrected chi connectivity index (χ4v) is 3.27. The van der Waals surface area contributed by atoms with E-state index in [2.05, 4.69) is 10.5 Å². The minimum Gasteiger partial charge on any atom is -0.545 e. The number of furan rings is 1. The van der Waals surface area contributed by atoms with Crippen LogP contribution in [0.3, 0.4) is 0 Å². The standard InChI is InChI=1S/C24H18N2O4/c27-23(14-17-8-5-7-16-6-1-2-9-19(16)17)26-25-15-18-12-13-22(30-18)20-10-3-4-11-21(20)24(28)29/h1-13,15H,14H2,(H,26,27)(H,28,29)/p-1/b25-15-. The van der Waals surface area contributed by atoms with Crippen molar-refractivity contribution < 1.29 is 19.1 Å². The number of carbonyl (C=O) groups excluding carboxylic acids is 2. The zero-order valence-corrected chi connectivity index (χ0v) is 15.9. The molecule has 0 aliphatic rings. The lowest BCUT2D eigenvalue weighted by atomic mass is 10.0. The van der Waals surface area contributed by atoms with E-state index in [0.29, 0.717) is 17.1 Å². The van der Waals surface area contributed by atoms with Crippen molar-refractivity contribution in [2.24, 2.45) is 5.10 Å². The lowest BCUT2D eigenvalue weighted by Crippen LogP contribution is -2.22. The largest absolute Gasteiger partial charge is 0.545 e. The van der Waals surface area contributed by atoms with Gasteiger partial charge < -0.3 is 14.3 Å². The summed E-state index contributed by atoms with van der Waals surface area (Å²) in [5.41, 5.74) is 3.86. The molecule has 4 aromatic rings. The van der Waals surface area contributed by atoms with Crippen LogP contribution in [-0.2, 0) is 11.2 Å². The van der Waals surface area contributed by atoms with Gasteiger partial charge in [-0.25, -0.2) is 5.43 Å². The number of nitrogens with one attached hydrogen (secondary N) is 1. The van der Waals surface area contributed by atoms with Crippen molar-refractivity contribution >= 4 is 28.9 Å². The predicted octanol–water partition coefficient (Wildman–Crippen LogP) is 3.16. The molecule has 1 aromatic heterocycles. The molecule has 0 atom stereocenters. The Kier molecular flexibility index (Phi) is 5.39. The molecule has 1 amide bonds. The van der Waals surface area contributed by atoms with Crippen molar-refractivity contribution in [2.75, 3.05) is 0 Å². The van der Waals surface area contributed by atoms with E-state index in [9.17, 15) is 14.7 Å². The SMILES string of the molecule is O=C(Cc1cccc2ccccc12)N/N=C\c1ccc(-c2ccccc2C(=O)[O-])o1. The van der Waals surface area contributed by atoms with Gasteiger partial charge in [-0.1, -0.05) is 66.7 Å². The van der Waals surface area contributed by atoms with E-state index >= 15 is 0 Å². The number of carboxylic acids is 1. The van der Waals surface area contributed by atoms with E-state index in [4.69, 9.17) is 4.42 Å². The molecule has 0 saturated carbocycles. The number of hydrogen-bond acceptors (Lipinski definition) is 5. The Morgan fingerprint density at radius 1 is 0.933 bits per heavy atom. The quantitative estimate of drug-likeness (QED) is 0.399. The third-order valence-electron chi connectivity index (χ3n) is 4.65. The van der Waals surface area contributed by atoms with Crippen LogP contribution in [0.15, 0.2) is 88.4 Å². The summed E-state index contributed by atoms with van der Waals surface area (Å²) in [6, 6.07) is 23.4. The first-order chi connectivity index (χ1) is 14.6. The van der Waals surface area contributed by atoms with Crippen LogP contribution in [-0.4, -0.2) is 18.1 Å². The van der Waals surface area contributed by atoms with Gasteiger partial charge in [0, 0.05) is 11.1 Å². The Hall–Kier alpha value is -4.19. The number of fused-ring (bicyclic) bond motifs is 1. The molecule has 6 heteroatoms. The second-order valence-electron chi connectivity index (χ2n) is 6.64. The van der Waals surface area contributed by atoms with Gasteiger partial charge in [0.25, 0.3) is 0 Å². The molecule has 0 spiro atoms. The molecule has 1 heterocycles. The third kappa shape index (κ3) is 4.12. The highest BCUT2D eigenvalue weighted by molar-refractivity contribution is 5.94. The zero-order valence-electron chi connectivity index (χ0n) is 15.9. The van der Waals surface area contributed by atoms with Gasteiger partial charge in [0.2, 0.25) is 5.91 Å². The number of benzene rings is 3. The Balaban J connectivity index is 1.43. The average molecular weight is 397 g/mol. The molecule has 6 nitrogen and oxygen atoms in total. The van der Waals surface area contributed by atoms with Gasteiger partial charge in [-0.3, -0.25) is 4.79 Å². The van der Waals surface area contributed by atoms with Crippen LogP contribution in [0.5, 0.6) is 0 Å². The molecular formula is C24H17N2O4-. The Labute approximate surface area is 172 Å². The summed E-state index contributed by atoms with van der Waals surface area (Å²) in [5.74, 6) is -0.781. The smallest absolute Gasteiger partial charge is 0.244 e. The highest BCUT2D eigenvalue weighted by atomic mass is 16.4. The topological polar surface area (TPSA) is 94.7 Å². The van der Waals surface area contributed by atoms with E-state index in [1.54, 1.807) is 30.3 Å². The average Bonchev–Trinajstić information content (AvgIpc) is 3.23. The minimum absolute atomic E-state index is 0.0405. The van der Waals surface area contributed by atoms with Crippen molar-refractivity contribution in [3.8, 4) is 11.3 Å². The molecule has 148 valence electrons. The van der Waals surface area contributed by atoms with E-state index in [-0.39, 0.29) is 17.9 Å². The number of carboxylic acid groups (broad SMARTS) is 1. The van der Waals surface area contributed by atoms with Crippen LogP contribution in [0, 0.1) is 0 Å². The molecule has 4 rings (SSSR count). The number of carbonyl (C=O) groups is 2. The first kappa shape index (κ1) is 19.1. The monoisotopic (exact) mass is 397 g/mol. The molecule has 0 aliphatic carbocycles. The molecule has 0 bridgehead atoms. The van der Waals surface area contributed by atoms with Crippen LogP contribution in [0.1, 0.15) is 21.7 Å². The molecule has 0 aliphatic heterocycles. The highest BCUT2D eigenvalue weighted by Gasteiger charge is 2.10. The number of rotatable bonds is 6. The second-order valence-corrected chi connectivity index (χ2v) is 6.64. The Morgan fingerprint density at radius 2 is 1.70 bits per heavy atom. The maximum Gasteiger partial charge on any atom is 0.244 e. The Bertz CT molecular complexity index is 1250. The molecule has 1 N–H and O–H groups in total. The second kappa shape index (κ2) is 8.45. The number of amides is 1. The van der Waals surface area contributed by atoms with E-state index < -0.39 is 5.97 Å². The molecule has 0 saturated heterocycles. The predicted molar refractivity (Wildman–Crippen MR) is 112 cm³/mol. The maximum atomic E-state index is 12.3. The number of aromatic carboxylic acids is 1. The first-order valence-corrected chi connectivity index (χ1v) is 9.31. The van der Waals surface area contributed by atoms with Crippen molar-refractivity contribution in [1.82, 2.24) is 5.43 Å². The van der Waals surface area contributed by atoms with Crippen LogP contribution >= 0.6 is 0 Å². The summed E-state index contributed by atoms with van der Waals surface area (Å²) < 4.78 is 5.63. The third-order valence-corrected chi connectivity index (χ3v) is 4.65. The minimum atomic E-state index is -1.28. The molecule has 0 radical (unpaired) electrons. The van der Waals surface area contributed by atoms with Gasteiger partial charge in [0.15, 0.2) is 0 Å². The first-order valence-electron chi connectivity index (χ1n) is 9.31. The van der Waals surface area contributed by atoms with Crippen molar-refractivity contribution in [2.45, 2.75) is 6.42 Å².